The van der Waals surface area contributed by atoms with Gasteiger partial charge in [0, 0.05) is 33.4 Å². The molecule has 0 aliphatic carbocycles. The molecule has 2 unspecified atom stereocenters. The number of rotatable bonds is 6. The van der Waals surface area contributed by atoms with Gasteiger partial charge >= 0.3 is 0 Å². The number of hydrogen-bond donors (Lipinski definition) is 2. The lowest BCUT2D eigenvalue weighted by molar-refractivity contribution is -0.114. The summed E-state index contributed by atoms with van der Waals surface area (Å²) in [6, 6.07) is 23.3. The predicted octanol–water partition coefficient (Wildman–Crippen LogP) is 6.97. The van der Waals surface area contributed by atoms with Gasteiger partial charge in [-0.15, -0.1) is 11.3 Å². The van der Waals surface area contributed by atoms with Gasteiger partial charge in [-0.1, -0.05) is 68.9 Å². The highest BCUT2D eigenvalue weighted by atomic mass is 32.2. The monoisotopic (exact) mass is 542 g/mol. The Labute approximate surface area is 231 Å². The zero-order valence-electron chi connectivity index (χ0n) is 21.8. The Hall–Kier alpha value is -3.67. The highest BCUT2D eigenvalue weighted by Gasteiger charge is 2.39. The first-order valence-corrected chi connectivity index (χ1v) is 14.2. The minimum absolute atomic E-state index is 0.0329. The van der Waals surface area contributed by atoms with Gasteiger partial charge in [-0.2, -0.15) is 5.26 Å². The zero-order chi connectivity index (χ0) is 27.3. The maximum Gasteiger partial charge on any atom is 0.254 e. The number of thioether (sulfide) groups is 1. The van der Waals surface area contributed by atoms with Gasteiger partial charge < -0.3 is 10.6 Å². The molecule has 4 rings (SSSR count). The summed E-state index contributed by atoms with van der Waals surface area (Å²) >= 11 is 2.74. The van der Waals surface area contributed by atoms with Crippen molar-refractivity contribution in [1.82, 2.24) is 0 Å². The number of anilines is 2. The van der Waals surface area contributed by atoms with Gasteiger partial charge in [0.1, 0.15) is 5.92 Å². The van der Waals surface area contributed by atoms with E-state index in [4.69, 9.17) is 0 Å². The van der Waals surface area contributed by atoms with E-state index in [2.05, 4.69) is 42.5 Å². The number of allylic oxidation sites excluding steroid dienone is 1. The third kappa shape index (κ3) is 6.42. The average molecular weight is 543 g/mol. The number of amides is 2. The number of para-hydroxylation sites is 1. The van der Waals surface area contributed by atoms with E-state index >= 15 is 0 Å². The number of carbonyl (C=O) groups excluding carboxylic acids is 2. The molecule has 8 heteroatoms. The lowest BCUT2D eigenvalue weighted by Gasteiger charge is -2.29. The Balaban J connectivity index is 1.54. The summed E-state index contributed by atoms with van der Waals surface area (Å²) in [6.45, 7) is 8.21. The van der Waals surface area contributed by atoms with Crippen LogP contribution >= 0.6 is 23.1 Å². The summed E-state index contributed by atoms with van der Waals surface area (Å²) < 4.78 is 0. The van der Waals surface area contributed by atoms with E-state index in [1.807, 2.05) is 72.1 Å². The van der Waals surface area contributed by atoms with E-state index in [1.165, 1.54) is 28.7 Å². The van der Waals surface area contributed by atoms with Crippen LogP contribution in [0.1, 0.15) is 44.1 Å². The van der Waals surface area contributed by atoms with Crippen LogP contribution < -0.4 is 10.6 Å². The largest absolute Gasteiger partial charge is 0.325 e. The smallest absolute Gasteiger partial charge is 0.254 e. The Morgan fingerprint density at radius 2 is 1.68 bits per heavy atom. The molecule has 0 radical (unpaired) electrons. The van der Waals surface area contributed by atoms with Crippen LogP contribution in [0.15, 0.2) is 88.4 Å². The van der Waals surface area contributed by atoms with Crippen molar-refractivity contribution in [3.63, 3.8) is 0 Å². The molecule has 1 aromatic heterocycles. The Bertz CT molecular complexity index is 1400. The van der Waals surface area contributed by atoms with Crippen molar-refractivity contribution in [3.05, 3.63) is 93.8 Å². The number of hydrogen-bond acceptors (Lipinski definition) is 6. The van der Waals surface area contributed by atoms with Crippen LogP contribution in [0.2, 0.25) is 0 Å². The number of aliphatic imine (C=N–C) groups is 1. The second-order valence-corrected chi connectivity index (χ2v) is 12.0. The average Bonchev–Trinajstić information content (AvgIpc) is 3.42. The summed E-state index contributed by atoms with van der Waals surface area (Å²) in [5.74, 6) is -1.51. The number of benzene rings is 2. The fraction of sp³-hybridized carbons (Fsp3) is 0.267. The normalized spacial score (nSPS) is 17.4. The van der Waals surface area contributed by atoms with Crippen LogP contribution in [0.5, 0.6) is 0 Å². The van der Waals surface area contributed by atoms with Crippen LogP contribution in [0.3, 0.4) is 0 Å². The van der Waals surface area contributed by atoms with Crippen molar-refractivity contribution in [1.29, 1.82) is 5.26 Å². The third-order valence-corrected chi connectivity index (χ3v) is 8.23. The molecule has 1 aliphatic rings. The van der Waals surface area contributed by atoms with Crippen molar-refractivity contribution in [2.24, 2.45) is 10.9 Å². The molecule has 2 aromatic carbocycles. The summed E-state index contributed by atoms with van der Waals surface area (Å²) in [6.07, 6.45) is 0. The van der Waals surface area contributed by atoms with E-state index < -0.39 is 11.8 Å². The number of thiophene rings is 1. The number of nitrogens with zero attached hydrogens (tertiary/aromatic N) is 2. The molecule has 0 fully saturated rings. The minimum atomic E-state index is -0.683. The van der Waals surface area contributed by atoms with Gasteiger partial charge in [0.15, 0.2) is 0 Å². The minimum Gasteiger partial charge on any atom is -0.325 e. The molecule has 2 N–H and O–H groups in total. The second-order valence-electron chi connectivity index (χ2n) is 10.0. The van der Waals surface area contributed by atoms with Crippen LogP contribution in [-0.4, -0.2) is 22.6 Å². The maximum absolute atomic E-state index is 13.4. The van der Waals surface area contributed by atoms with Gasteiger partial charge in [0.05, 0.1) is 16.9 Å². The molecule has 1 aliphatic heterocycles. The topological polar surface area (TPSA) is 94.4 Å². The van der Waals surface area contributed by atoms with Gasteiger partial charge in [-0.25, -0.2) is 4.99 Å². The van der Waals surface area contributed by atoms with E-state index in [1.54, 1.807) is 6.92 Å². The highest BCUT2D eigenvalue weighted by molar-refractivity contribution is 8.14. The molecule has 194 valence electrons. The molecule has 2 atom stereocenters. The van der Waals surface area contributed by atoms with Gasteiger partial charge in [0.25, 0.3) is 5.91 Å². The lowest BCUT2D eigenvalue weighted by atomic mass is 9.82. The second kappa shape index (κ2) is 11.8. The standard InChI is InChI=1S/C30H30N4O2S2/c1-19-26(28(36)34-21-9-6-5-7-10-21)27(24-11-8-16-37-24)23(17-31)29(32-19)38-18-25(35)33-22-14-12-20(13-15-22)30(2,3)4/h5-16,23,27H,18H2,1-4H3,(H,33,35)(H,34,36). The molecule has 0 saturated carbocycles. The molecule has 0 bridgehead atoms. The summed E-state index contributed by atoms with van der Waals surface area (Å²) in [5, 5.41) is 18.5. The summed E-state index contributed by atoms with van der Waals surface area (Å²) in [5.41, 5.74) is 3.63. The zero-order valence-corrected chi connectivity index (χ0v) is 23.5. The Morgan fingerprint density at radius 3 is 2.29 bits per heavy atom. The van der Waals surface area contributed by atoms with Crippen molar-refractivity contribution in [2.45, 2.75) is 39.0 Å². The van der Waals surface area contributed by atoms with E-state index in [0.717, 1.165) is 10.6 Å². The fourth-order valence-corrected chi connectivity index (χ4v) is 6.06. The quantitative estimate of drug-likeness (QED) is 0.352. The first-order valence-electron chi connectivity index (χ1n) is 12.3. The highest BCUT2D eigenvalue weighted by Crippen LogP contribution is 2.43. The third-order valence-electron chi connectivity index (χ3n) is 6.23. The fourth-order valence-electron chi connectivity index (χ4n) is 4.27. The number of carbonyl (C=O) groups is 2. The molecule has 2 heterocycles. The van der Waals surface area contributed by atoms with E-state index in [0.29, 0.717) is 22.0 Å². The summed E-state index contributed by atoms with van der Waals surface area (Å²) in [4.78, 5) is 31.7. The van der Waals surface area contributed by atoms with Crippen LogP contribution in [0.4, 0.5) is 11.4 Å². The van der Waals surface area contributed by atoms with Crippen molar-refractivity contribution in [3.8, 4) is 6.07 Å². The predicted molar refractivity (Wildman–Crippen MR) is 158 cm³/mol. The van der Waals surface area contributed by atoms with Crippen LogP contribution in [0, 0.1) is 17.2 Å². The SMILES string of the molecule is CC1=C(C(=O)Nc2ccccc2)C(c2cccs2)C(C#N)C(SCC(=O)Nc2ccc(C(C)(C)C)cc2)=N1. The van der Waals surface area contributed by atoms with Crippen LogP contribution in [-0.2, 0) is 15.0 Å². The first kappa shape index (κ1) is 27.4. The van der Waals surface area contributed by atoms with Crippen molar-refractivity contribution < 1.29 is 9.59 Å². The molecule has 38 heavy (non-hydrogen) atoms. The maximum atomic E-state index is 13.4. The Morgan fingerprint density at radius 1 is 1.00 bits per heavy atom. The summed E-state index contributed by atoms with van der Waals surface area (Å²) in [7, 11) is 0. The van der Waals surface area contributed by atoms with Crippen molar-refractivity contribution in [2.75, 3.05) is 16.4 Å². The molecule has 2 amide bonds. The molecule has 6 nitrogen and oxygen atoms in total. The van der Waals surface area contributed by atoms with Gasteiger partial charge in [-0.3, -0.25) is 9.59 Å². The molecule has 0 spiro atoms. The van der Waals surface area contributed by atoms with E-state index in [-0.39, 0.29) is 23.0 Å². The lowest BCUT2D eigenvalue weighted by Crippen LogP contribution is -2.31. The van der Waals surface area contributed by atoms with E-state index in [9.17, 15) is 14.9 Å². The first-order chi connectivity index (χ1) is 18.2. The molecular formula is C30H30N4O2S2. The Kier molecular flexibility index (Phi) is 8.50. The molecular weight excluding hydrogens is 512 g/mol. The van der Waals surface area contributed by atoms with Gasteiger partial charge in [-0.05, 0) is 53.6 Å². The van der Waals surface area contributed by atoms with Gasteiger partial charge in [0.2, 0.25) is 5.91 Å². The van der Waals surface area contributed by atoms with Crippen LogP contribution in [0.25, 0.3) is 0 Å². The number of nitriles is 1. The molecule has 3 aromatic rings. The van der Waals surface area contributed by atoms with Crippen molar-refractivity contribution >= 4 is 51.3 Å². The number of nitrogens with one attached hydrogen (secondary N) is 2. The molecule has 0 saturated heterocycles.